The molecule has 1 fully saturated rings. The predicted octanol–water partition coefficient (Wildman–Crippen LogP) is 4.96. The number of hydrogen-bond acceptors (Lipinski definition) is 3. The maximum Gasteiger partial charge on any atom is 0.296 e. The molecule has 182 valence electrons. The Bertz CT molecular complexity index is 1270. The molecule has 5 rings (SSSR count). The number of rotatable bonds is 7. The van der Waals surface area contributed by atoms with Gasteiger partial charge >= 0.3 is 0 Å². The summed E-state index contributed by atoms with van der Waals surface area (Å²) >= 11 is 0. The first-order chi connectivity index (χ1) is 17.6. The second kappa shape index (κ2) is 10.8. The van der Waals surface area contributed by atoms with E-state index in [9.17, 15) is 9.59 Å². The monoisotopic (exact) mass is 477 g/mol. The van der Waals surface area contributed by atoms with E-state index in [0.717, 1.165) is 5.56 Å². The van der Waals surface area contributed by atoms with Crippen LogP contribution >= 0.6 is 0 Å². The van der Waals surface area contributed by atoms with Gasteiger partial charge in [-0.2, -0.15) is 0 Å². The first-order valence-corrected chi connectivity index (χ1v) is 12.5. The molecule has 0 radical (unpaired) electrons. The number of nitrogens with zero attached hydrogens (tertiary/aromatic N) is 3. The maximum atomic E-state index is 13.2. The summed E-state index contributed by atoms with van der Waals surface area (Å²) < 4.78 is 1.86. The minimum atomic E-state index is -0.441. The van der Waals surface area contributed by atoms with E-state index in [1.54, 1.807) is 11.0 Å². The second-order valence-corrected chi connectivity index (χ2v) is 9.39. The van der Waals surface area contributed by atoms with Crippen molar-refractivity contribution >= 4 is 11.7 Å². The van der Waals surface area contributed by atoms with E-state index in [4.69, 9.17) is 0 Å². The molecule has 1 aromatic heterocycles. The number of Topliss-reactive ketones (excluding diaryl/α,β-unsaturated/α-hetero) is 1. The molecule has 0 aliphatic carbocycles. The van der Waals surface area contributed by atoms with E-state index in [2.05, 4.69) is 84.6 Å². The Kier molecular flexibility index (Phi) is 7.10. The minimum Gasteiger partial charge on any atom is -0.340 e. The van der Waals surface area contributed by atoms with Crippen molar-refractivity contribution < 1.29 is 9.59 Å². The van der Waals surface area contributed by atoms with Gasteiger partial charge in [0.1, 0.15) is 0 Å². The molecule has 1 aliphatic rings. The van der Waals surface area contributed by atoms with Crippen LogP contribution in [-0.4, -0.2) is 52.2 Å². The molecule has 1 aliphatic heterocycles. The Morgan fingerprint density at radius 3 is 1.89 bits per heavy atom. The Morgan fingerprint density at radius 2 is 1.31 bits per heavy atom. The number of hydrogen-bond donors (Lipinski definition) is 0. The van der Waals surface area contributed by atoms with E-state index in [0.29, 0.717) is 38.4 Å². The summed E-state index contributed by atoms with van der Waals surface area (Å²) in [5.41, 5.74) is 5.19. The van der Waals surface area contributed by atoms with Crippen LogP contribution in [0.3, 0.4) is 0 Å². The largest absolute Gasteiger partial charge is 0.340 e. The fraction of sp³-hybridized carbons (Fsp3) is 0.226. The highest BCUT2D eigenvalue weighted by Crippen LogP contribution is 2.29. The highest BCUT2D eigenvalue weighted by molar-refractivity contribution is 6.42. The molecule has 0 bridgehead atoms. The Hall–Kier alpha value is -3.96. The summed E-state index contributed by atoms with van der Waals surface area (Å²) in [5, 5.41) is 0. The highest BCUT2D eigenvalue weighted by Gasteiger charge is 2.31. The third-order valence-corrected chi connectivity index (χ3v) is 6.93. The van der Waals surface area contributed by atoms with Gasteiger partial charge in [-0.05, 0) is 35.7 Å². The fourth-order valence-corrected chi connectivity index (χ4v) is 4.97. The van der Waals surface area contributed by atoms with Gasteiger partial charge in [-0.15, -0.1) is 0 Å². The molecule has 1 amide bonds. The van der Waals surface area contributed by atoms with E-state index < -0.39 is 11.7 Å². The molecule has 5 nitrogen and oxygen atoms in total. The van der Waals surface area contributed by atoms with E-state index >= 15 is 0 Å². The van der Waals surface area contributed by atoms with Crippen molar-refractivity contribution in [3.05, 3.63) is 131 Å². The van der Waals surface area contributed by atoms with Crippen LogP contribution in [-0.2, 0) is 11.3 Å². The summed E-state index contributed by atoms with van der Waals surface area (Å²) in [4.78, 5) is 30.5. The molecular weight excluding hydrogens is 446 g/mol. The molecular formula is C31H31N3O2. The van der Waals surface area contributed by atoms with Gasteiger partial charge in [0.2, 0.25) is 0 Å². The smallest absolute Gasteiger partial charge is 0.296 e. The van der Waals surface area contributed by atoms with Crippen molar-refractivity contribution in [3.63, 3.8) is 0 Å². The van der Waals surface area contributed by atoms with Crippen molar-refractivity contribution in [2.45, 2.75) is 19.5 Å². The van der Waals surface area contributed by atoms with Gasteiger partial charge in [0.25, 0.3) is 11.7 Å². The third kappa shape index (κ3) is 5.16. The number of aryl methyl sites for hydroxylation is 1. The standard InChI is InChI=1S/C31H31N3O2/c1-24-14-16-25(17-15-24)23-34-18-8-13-28(34)30(35)31(36)33-21-19-32(20-22-33)29(26-9-4-2-5-10-26)27-11-6-3-7-12-27/h2-18,29H,19-23H2,1H3. The molecule has 2 heterocycles. The SMILES string of the molecule is Cc1ccc(Cn2cccc2C(=O)C(=O)N2CCN(C(c3ccccc3)c3ccccc3)CC2)cc1. The van der Waals surface area contributed by atoms with Crippen molar-refractivity contribution in [3.8, 4) is 0 Å². The third-order valence-electron chi connectivity index (χ3n) is 6.93. The predicted molar refractivity (Wildman–Crippen MR) is 142 cm³/mol. The lowest BCUT2D eigenvalue weighted by Gasteiger charge is -2.39. The van der Waals surface area contributed by atoms with Crippen LogP contribution in [0.1, 0.15) is 38.8 Å². The highest BCUT2D eigenvalue weighted by atomic mass is 16.2. The number of benzene rings is 3. The van der Waals surface area contributed by atoms with Gasteiger partial charge in [-0.1, -0.05) is 90.5 Å². The normalized spacial score (nSPS) is 14.2. The van der Waals surface area contributed by atoms with Gasteiger partial charge in [0, 0.05) is 38.9 Å². The number of amides is 1. The number of aromatic nitrogens is 1. The second-order valence-electron chi connectivity index (χ2n) is 9.39. The summed E-state index contributed by atoms with van der Waals surface area (Å²) in [7, 11) is 0. The topological polar surface area (TPSA) is 45.6 Å². The number of ketones is 1. The lowest BCUT2D eigenvalue weighted by molar-refractivity contribution is -0.128. The maximum absolute atomic E-state index is 13.2. The summed E-state index contributed by atoms with van der Waals surface area (Å²) in [6.45, 7) is 5.08. The van der Waals surface area contributed by atoms with Crippen LogP contribution in [0.4, 0.5) is 0 Å². The zero-order valence-electron chi connectivity index (χ0n) is 20.6. The molecule has 4 aromatic rings. The van der Waals surface area contributed by atoms with Crippen LogP contribution in [0.15, 0.2) is 103 Å². The number of piperazine rings is 1. The molecule has 0 N–H and O–H groups in total. The summed E-state index contributed by atoms with van der Waals surface area (Å²) in [6.07, 6.45) is 1.86. The van der Waals surface area contributed by atoms with Gasteiger partial charge in [0.15, 0.2) is 0 Å². The number of carbonyl (C=O) groups is 2. The Balaban J connectivity index is 1.27. The first kappa shape index (κ1) is 23.8. The van der Waals surface area contributed by atoms with E-state index in [1.165, 1.54) is 16.7 Å². The Labute approximate surface area is 212 Å². The minimum absolute atomic E-state index is 0.118. The van der Waals surface area contributed by atoms with Crippen LogP contribution in [0.5, 0.6) is 0 Å². The molecule has 36 heavy (non-hydrogen) atoms. The van der Waals surface area contributed by atoms with Gasteiger partial charge in [-0.3, -0.25) is 14.5 Å². The van der Waals surface area contributed by atoms with Crippen LogP contribution in [0.25, 0.3) is 0 Å². The number of carbonyl (C=O) groups excluding carboxylic acids is 2. The Morgan fingerprint density at radius 1 is 0.722 bits per heavy atom. The zero-order chi connectivity index (χ0) is 24.9. The molecule has 0 atom stereocenters. The molecule has 1 saturated heterocycles. The van der Waals surface area contributed by atoms with Crippen molar-refractivity contribution in [2.24, 2.45) is 0 Å². The van der Waals surface area contributed by atoms with Gasteiger partial charge in [0.05, 0.1) is 11.7 Å². The van der Waals surface area contributed by atoms with E-state index in [-0.39, 0.29) is 6.04 Å². The fourth-order valence-electron chi connectivity index (χ4n) is 4.97. The summed E-state index contributed by atoms with van der Waals surface area (Å²) in [5.74, 6) is -0.863. The lowest BCUT2D eigenvalue weighted by atomic mass is 9.96. The van der Waals surface area contributed by atoms with Gasteiger partial charge < -0.3 is 9.47 Å². The van der Waals surface area contributed by atoms with Crippen LogP contribution in [0, 0.1) is 6.92 Å². The van der Waals surface area contributed by atoms with Crippen LogP contribution in [0.2, 0.25) is 0 Å². The zero-order valence-corrected chi connectivity index (χ0v) is 20.6. The summed E-state index contributed by atoms with van der Waals surface area (Å²) in [6, 6.07) is 32.9. The van der Waals surface area contributed by atoms with Crippen molar-refractivity contribution in [1.82, 2.24) is 14.4 Å². The lowest BCUT2D eigenvalue weighted by Crippen LogP contribution is -2.51. The first-order valence-electron chi connectivity index (χ1n) is 12.5. The average molecular weight is 478 g/mol. The van der Waals surface area contributed by atoms with Gasteiger partial charge in [-0.25, -0.2) is 0 Å². The molecule has 0 saturated carbocycles. The van der Waals surface area contributed by atoms with E-state index in [1.807, 2.05) is 29.0 Å². The van der Waals surface area contributed by atoms with Crippen molar-refractivity contribution in [2.75, 3.05) is 26.2 Å². The van der Waals surface area contributed by atoms with Crippen molar-refractivity contribution in [1.29, 1.82) is 0 Å². The molecule has 3 aromatic carbocycles. The molecule has 0 unspecified atom stereocenters. The van der Waals surface area contributed by atoms with Crippen LogP contribution < -0.4 is 0 Å². The quantitative estimate of drug-likeness (QED) is 0.279. The molecule has 5 heteroatoms. The molecule has 0 spiro atoms. The average Bonchev–Trinajstić information content (AvgIpc) is 3.39.